The van der Waals surface area contributed by atoms with Crippen LogP contribution in [0.25, 0.3) is 6.08 Å². The summed E-state index contributed by atoms with van der Waals surface area (Å²) < 4.78 is 16.1. The molecule has 1 atom stereocenters. The third kappa shape index (κ3) is 2.46. The number of cyclic esters (lactones) is 1. The van der Waals surface area contributed by atoms with E-state index < -0.39 is 10.8 Å². The first-order valence-electron chi connectivity index (χ1n) is 4.70. The molecule has 1 aromatic rings. The van der Waals surface area contributed by atoms with Gasteiger partial charge >= 0.3 is 5.97 Å². The fourth-order valence-corrected chi connectivity index (χ4v) is 1.85. The third-order valence-corrected chi connectivity index (χ3v) is 3.06. The van der Waals surface area contributed by atoms with Crippen LogP contribution in [0.5, 0.6) is 0 Å². The summed E-state index contributed by atoms with van der Waals surface area (Å²) in [5, 5.41) is 0. The predicted octanol–water partition coefficient (Wildman–Crippen LogP) is 1.88. The van der Waals surface area contributed by atoms with E-state index in [2.05, 4.69) is 0 Å². The van der Waals surface area contributed by atoms with Crippen molar-refractivity contribution in [3.63, 3.8) is 0 Å². The maximum absolute atomic E-state index is 11.2. The van der Waals surface area contributed by atoms with Crippen molar-refractivity contribution < 1.29 is 13.7 Å². The van der Waals surface area contributed by atoms with E-state index >= 15 is 0 Å². The number of esters is 1. The van der Waals surface area contributed by atoms with Gasteiger partial charge in [0.1, 0.15) is 5.76 Å². The van der Waals surface area contributed by atoms with Gasteiger partial charge in [0.2, 0.25) is 0 Å². The molecule has 82 valence electrons. The summed E-state index contributed by atoms with van der Waals surface area (Å²) in [6, 6.07) is 7.26. The Morgan fingerprint density at radius 2 is 1.88 bits per heavy atom. The van der Waals surface area contributed by atoms with Crippen LogP contribution in [0.4, 0.5) is 0 Å². The van der Waals surface area contributed by atoms with Crippen molar-refractivity contribution in [1.29, 1.82) is 0 Å². The van der Waals surface area contributed by atoms with Gasteiger partial charge in [0, 0.05) is 28.0 Å². The fourth-order valence-electron chi connectivity index (χ4n) is 1.33. The average molecular weight is 234 g/mol. The third-order valence-electron chi connectivity index (χ3n) is 2.12. The van der Waals surface area contributed by atoms with Gasteiger partial charge in [-0.25, -0.2) is 4.79 Å². The molecule has 1 aliphatic rings. The summed E-state index contributed by atoms with van der Waals surface area (Å²) in [7, 11) is -0.967. The Morgan fingerprint density at radius 3 is 2.38 bits per heavy atom. The van der Waals surface area contributed by atoms with Gasteiger partial charge in [-0.15, -0.1) is 0 Å². The average Bonchev–Trinajstić information content (AvgIpc) is 2.65. The molecule has 16 heavy (non-hydrogen) atoms. The smallest absolute Gasteiger partial charge is 0.336 e. The van der Waals surface area contributed by atoms with E-state index in [0.29, 0.717) is 5.76 Å². The Bertz CT molecular complexity index is 498. The molecule has 1 aromatic carbocycles. The number of hydrogen-bond acceptors (Lipinski definition) is 3. The van der Waals surface area contributed by atoms with Gasteiger partial charge in [-0.1, -0.05) is 12.1 Å². The monoisotopic (exact) mass is 234 g/mol. The maximum atomic E-state index is 11.2. The van der Waals surface area contributed by atoms with Crippen molar-refractivity contribution in [2.75, 3.05) is 6.26 Å². The maximum Gasteiger partial charge on any atom is 0.336 e. The van der Waals surface area contributed by atoms with Gasteiger partial charge in [0.05, 0.1) is 0 Å². The molecule has 0 spiro atoms. The van der Waals surface area contributed by atoms with E-state index in [4.69, 9.17) is 4.74 Å². The molecule has 0 fully saturated rings. The first-order chi connectivity index (χ1) is 7.65. The molecular formula is C12H10O3S. The lowest BCUT2D eigenvalue weighted by molar-refractivity contribution is -0.132. The summed E-state index contributed by atoms with van der Waals surface area (Å²) >= 11 is 0. The summed E-state index contributed by atoms with van der Waals surface area (Å²) in [6.45, 7) is 0. The van der Waals surface area contributed by atoms with Crippen LogP contribution in [0, 0.1) is 0 Å². The van der Waals surface area contributed by atoms with Crippen molar-refractivity contribution in [3.8, 4) is 0 Å². The molecule has 0 bridgehead atoms. The number of allylic oxidation sites excluding steroid dienone is 1. The van der Waals surface area contributed by atoms with Gasteiger partial charge < -0.3 is 4.74 Å². The van der Waals surface area contributed by atoms with Crippen LogP contribution in [0.15, 0.2) is 47.1 Å². The molecule has 0 N–H and O–H groups in total. The Morgan fingerprint density at radius 1 is 1.19 bits per heavy atom. The molecule has 0 amide bonds. The molecular weight excluding hydrogens is 224 g/mol. The second-order valence-electron chi connectivity index (χ2n) is 3.32. The molecule has 1 unspecified atom stereocenters. The lowest BCUT2D eigenvalue weighted by atomic mass is 10.2. The topological polar surface area (TPSA) is 43.4 Å². The molecule has 0 saturated heterocycles. The number of benzene rings is 1. The summed E-state index contributed by atoms with van der Waals surface area (Å²) in [4.78, 5) is 11.6. The van der Waals surface area contributed by atoms with E-state index in [0.717, 1.165) is 10.5 Å². The molecule has 1 heterocycles. The zero-order valence-electron chi connectivity index (χ0n) is 8.67. The largest absolute Gasteiger partial charge is 0.423 e. The van der Waals surface area contributed by atoms with Gasteiger partial charge in [-0.2, -0.15) is 0 Å². The van der Waals surface area contributed by atoms with Crippen molar-refractivity contribution in [2.45, 2.75) is 4.90 Å². The van der Waals surface area contributed by atoms with Crippen LogP contribution < -0.4 is 0 Å². The minimum absolute atomic E-state index is 0.350. The van der Waals surface area contributed by atoms with Crippen LogP contribution in [0.2, 0.25) is 0 Å². The predicted molar refractivity (Wildman–Crippen MR) is 62.0 cm³/mol. The van der Waals surface area contributed by atoms with Crippen LogP contribution in [0.3, 0.4) is 0 Å². The summed E-state index contributed by atoms with van der Waals surface area (Å²) in [5.41, 5.74) is 0.906. The molecule has 3 nitrogen and oxygen atoms in total. The Balaban J connectivity index is 2.20. The van der Waals surface area contributed by atoms with Crippen LogP contribution in [-0.2, 0) is 20.3 Å². The van der Waals surface area contributed by atoms with Crippen molar-refractivity contribution in [1.82, 2.24) is 0 Å². The zero-order chi connectivity index (χ0) is 11.5. The van der Waals surface area contributed by atoms with Crippen molar-refractivity contribution in [2.24, 2.45) is 0 Å². The number of carbonyl (C=O) groups is 1. The van der Waals surface area contributed by atoms with Crippen LogP contribution in [-0.4, -0.2) is 16.4 Å². The highest BCUT2D eigenvalue weighted by atomic mass is 32.2. The van der Waals surface area contributed by atoms with E-state index in [1.165, 1.54) is 6.08 Å². The molecule has 1 aliphatic heterocycles. The molecule has 0 saturated carbocycles. The number of ether oxygens (including phenoxy) is 1. The molecule has 0 aromatic heterocycles. The molecule has 0 radical (unpaired) electrons. The van der Waals surface area contributed by atoms with E-state index in [1.54, 1.807) is 30.5 Å². The van der Waals surface area contributed by atoms with E-state index in [1.807, 2.05) is 12.1 Å². The number of rotatable bonds is 2. The Kier molecular flexibility index (Phi) is 3.01. The second kappa shape index (κ2) is 4.45. The van der Waals surface area contributed by atoms with E-state index in [-0.39, 0.29) is 5.97 Å². The highest BCUT2D eigenvalue weighted by Crippen LogP contribution is 2.15. The zero-order valence-corrected chi connectivity index (χ0v) is 9.49. The highest BCUT2D eigenvalue weighted by molar-refractivity contribution is 7.84. The standard InChI is InChI=1S/C12H10O3S/c1-16(14)11-5-2-9(3-6-11)8-10-4-7-12(13)15-10/h2-8H,1H3/b10-8-. The minimum Gasteiger partial charge on any atom is -0.423 e. The van der Waals surface area contributed by atoms with Gasteiger partial charge in [0.15, 0.2) is 0 Å². The van der Waals surface area contributed by atoms with Crippen LogP contribution >= 0.6 is 0 Å². The molecule has 2 rings (SSSR count). The van der Waals surface area contributed by atoms with Crippen molar-refractivity contribution in [3.05, 3.63) is 47.7 Å². The van der Waals surface area contributed by atoms with Gasteiger partial charge in [-0.3, -0.25) is 4.21 Å². The van der Waals surface area contributed by atoms with Crippen molar-refractivity contribution >= 4 is 22.8 Å². The molecule has 4 heteroatoms. The lowest BCUT2D eigenvalue weighted by Gasteiger charge is -1.99. The Labute approximate surface area is 95.9 Å². The quantitative estimate of drug-likeness (QED) is 0.734. The number of hydrogen-bond donors (Lipinski definition) is 0. The normalized spacial score (nSPS) is 18.8. The van der Waals surface area contributed by atoms with Gasteiger partial charge in [0.25, 0.3) is 0 Å². The fraction of sp³-hybridized carbons (Fsp3) is 0.0833. The van der Waals surface area contributed by atoms with Crippen LogP contribution in [0.1, 0.15) is 5.56 Å². The minimum atomic E-state index is -0.967. The molecule has 0 aliphatic carbocycles. The first kappa shape index (κ1) is 10.8. The van der Waals surface area contributed by atoms with E-state index in [9.17, 15) is 9.00 Å². The number of carbonyl (C=O) groups excluding carboxylic acids is 1. The Hall–Kier alpha value is -1.68. The summed E-state index contributed by atoms with van der Waals surface area (Å²) in [6.07, 6.45) is 6.38. The lowest BCUT2D eigenvalue weighted by Crippen LogP contribution is -1.90. The summed E-state index contributed by atoms with van der Waals surface area (Å²) in [5.74, 6) is 0.174. The SMILES string of the molecule is CS(=O)c1ccc(/C=C2/C=CC(=O)O2)cc1. The highest BCUT2D eigenvalue weighted by Gasteiger charge is 2.08. The second-order valence-corrected chi connectivity index (χ2v) is 4.70. The van der Waals surface area contributed by atoms with Gasteiger partial charge in [-0.05, 0) is 29.8 Å². The first-order valence-corrected chi connectivity index (χ1v) is 6.26.